The molecule has 302 valence electrons. The van der Waals surface area contributed by atoms with Crippen molar-refractivity contribution >= 4 is 33.4 Å². The van der Waals surface area contributed by atoms with Gasteiger partial charge in [0.25, 0.3) is 0 Å². The van der Waals surface area contributed by atoms with E-state index >= 15 is 8.78 Å². The highest BCUT2D eigenvalue weighted by molar-refractivity contribution is 6.25. The van der Waals surface area contributed by atoms with Crippen LogP contribution in [0.5, 0.6) is 0 Å². The van der Waals surface area contributed by atoms with Crippen molar-refractivity contribution in [2.24, 2.45) is 0 Å². The lowest BCUT2D eigenvalue weighted by Crippen LogP contribution is -2.07. The largest absolute Gasteiger partial charge is 0.416 e. The first-order chi connectivity index (χ1) is 30.5. The number of nitriles is 8. The lowest BCUT2D eigenvalue weighted by Gasteiger charge is -2.23. The minimum Gasteiger partial charge on any atom is -0.205 e. The Balaban J connectivity index is 1.83. The summed E-state index contributed by atoms with van der Waals surface area (Å²) in [5.41, 5.74) is -12.2. The van der Waals surface area contributed by atoms with Gasteiger partial charge in [-0.25, -0.2) is 8.78 Å². The zero-order chi connectivity index (χ0) is 46.4. The molecule has 0 amide bonds. The van der Waals surface area contributed by atoms with Crippen LogP contribution in [0.2, 0.25) is 0 Å². The molecule has 0 atom stereocenters. The molecule has 0 unspecified atom stereocenters. The van der Waals surface area contributed by atoms with E-state index in [9.17, 15) is 68.4 Å². The second-order valence-electron chi connectivity index (χ2n) is 13.8. The third-order valence-corrected chi connectivity index (χ3v) is 10.3. The quantitative estimate of drug-likeness (QED) is 0.126. The number of halogens is 8. The number of hydrogen-bond acceptors (Lipinski definition) is 8. The van der Waals surface area contributed by atoms with E-state index in [4.69, 9.17) is 0 Å². The summed E-state index contributed by atoms with van der Waals surface area (Å²) in [5.74, 6) is -2.96. The lowest BCUT2D eigenvalue weighted by molar-refractivity contribution is -0.138. The van der Waals surface area contributed by atoms with Crippen LogP contribution in [0.25, 0.3) is 55.7 Å². The van der Waals surface area contributed by atoms with Gasteiger partial charge < -0.3 is 0 Å². The van der Waals surface area contributed by atoms with E-state index in [-0.39, 0.29) is 44.5 Å². The first-order valence-electron chi connectivity index (χ1n) is 17.9. The zero-order valence-corrected chi connectivity index (χ0v) is 31.7. The van der Waals surface area contributed by atoms with Gasteiger partial charge in [-0.15, -0.1) is 0 Å². The molecule has 2 aliphatic carbocycles. The van der Waals surface area contributed by atoms with Gasteiger partial charge >= 0.3 is 12.4 Å². The predicted molar refractivity (Wildman–Crippen MR) is 211 cm³/mol. The van der Waals surface area contributed by atoms with E-state index < -0.39 is 102 Å². The Labute approximate surface area is 356 Å². The summed E-state index contributed by atoms with van der Waals surface area (Å²) < 4.78 is 119. The number of nitrogens with zero attached hydrogens (tertiary/aromatic N) is 8. The number of benzene rings is 5. The highest BCUT2D eigenvalue weighted by Crippen LogP contribution is 2.61. The topological polar surface area (TPSA) is 190 Å². The predicted octanol–water partition coefficient (Wildman–Crippen LogP) is 11.8. The van der Waals surface area contributed by atoms with Crippen LogP contribution < -0.4 is 0 Å². The highest BCUT2D eigenvalue weighted by atomic mass is 19.4. The fourth-order valence-corrected chi connectivity index (χ4v) is 7.68. The smallest absolute Gasteiger partial charge is 0.205 e. The minimum absolute atomic E-state index is 0.196. The Kier molecular flexibility index (Phi) is 10.5. The van der Waals surface area contributed by atoms with Crippen molar-refractivity contribution in [1.29, 1.82) is 42.1 Å². The maximum Gasteiger partial charge on any atom is 0.416 e. The molecule has 5 aromatic rings. The molecule has 0 saturated heterocycles. The Morgan fingerprint density at radius 3 is 0.922 bits per heavy atom. The van der Waals surface area contributed by atoms with Gasteiger partial charge in [0.15, 0.2) is 11.7 Å². The molecule has 0 aliphatic heterocycles. The van der Waals surface area contributed by atoms with Crippen molar-refractivity contribution in [3.8, 4) is 70.8 Å². The van der Waals surface area contributed by atoms with E-state index in [0.717, 1.165) is 60.7 Å². The number of rotatable bonds is 4. The summed E-state index contributed by atoms with van der Waals surface area (Å²) in [7, 11) is 0. The van der Waals surface area contributed by atoms with Crippen LogP contribution in [0.3, 0.4) is 0 Å². The van der Waals surface area contributed by atoms with E-state index in [1.54, 1.807) is 48.6 Å². The molecule has 16 heteroatoms. The van der Waals surface area contributed by atoms with Crippen LogP contribution in [0.4, 0.5) is 35.1 Å². The molecule has 5 aromatic carbocycles. The molecule has 0 heterocycles. The fraction of sp³-hybridized carbons (Fsp3) is 0.0417. The van der Waals surface area contributed by atoms with Crippen molar-refractivity contribution in [3.63, 3.8) is 0 Å². The molecular formula is C48H14F8N8. The van der Waals surface area contributed by atoms with E-state index in [1.165, 1.54) is 0 Å². The van der Waals surface area contributed by atoms with Gasteiger partial charge in [0.05, 0.1) is 80.0 Å². The molecule has 2 aliphatic rings. The first-order valence-corrected chi connectivity index (χ1v) is 17.9. The second-order valence-corrected chi connectivity index (χ2v) is 13.8. The van der Waals surface area contributed by atoms with E-state index in [0.29, 0.717) is 24.3 Å². The van der Waals surface area contributed by atoms with E-state index in [1.807, 2.05) is 0 Å². The van der Waals surface area contributed by atoms with Crippen molar-refractivity contribution in [3.05, 3.63) is 163 Å². The lowest BCUT2D eigenvalue weighted by atomic mass is 9.77. The summed E-state index contributed by atoms with van der Waals surface area (Å²) in [6, 6.07) is 26.7. The van der Waals surface area contributed by atoms with Crippen LogP contribution in [0.15, 0.2) is 96.6 Å². The van der Waals surface area contributed by atoms with Crippen LogP contribution in [-0.2, 0) is 12.4 Å². The number of fused-ring (bicyclic) bond motifs is 2. The van der Waals surface area contributed by atoms with Crippen molar-refractivity contribution < 1.29 is 35.1 Å². The van der Waals surface area contributed by atoms with Gasteiger partial charge in [-0.1, -0.05) is 24.3 Å². The Hall–Kier alpha value is -9.58. The SMILES string of the molecule is N#CC1=C(F)/C(=C(/C#N)c2cc(C#N)cc(C#N)c2)c2c1c(-c1ccc(C(F)(F)F)cc1)c1c(c2-c2ccc(C(F)(F)F)cc2)/C(=C(\C#N)c2cc(C#N)cc(C#N)c2)C(F)=C1C#N. The van der Waals surface area contributed by atoms with Gasteiger partial charge in [-0.3, -0.25) is 0 Å². The number of allylic oxidation sites excluding steroid dienone is 8. The fourth-order valence-electron chi connectivity index (χ4n) is 7.68. The average Bonchev–Trinajstić information content (AvgIpc) is 3.73. The van der Waals surface area contributed by atoms with Crippen molar-refractivity contribution in [1.82, 2.24) is 0 Å². The molecule has 0 N–H and O–H groups in total. The maximum absolute atomic E-state index is 17.5. The molecule has 0 saturated carbocycles. The molecule has 8 nitrogen and oxygen atoms in total. The molecular weight excluding hydrogens is 841 g/mol. The Morgan fingerprint density at radius 2 is 0.672 bits per heavy atom. The summed E-state index contributed by atoms with van der Waals surface area (Å²) in [6.45, 7) is 0. The molecule has 0 aromatic heterocycles. The van der Waals surface area contributed by atoms with E-state index in [2.05, 4.69) is 0 Å². The summed E-state index contributed by atoms with van der Waals surface area (Å²) in [6.07, 6.45) is -9.83. The molecule has 0 bridgehead atoms. The zero-order valence-electron chi connectivity index (χ0n) is 31.7. The highest BCUT2D eigenvalue weighted by Gasteiger charge is 2.44. The van der Waals surface area contributed by atoms with Gasteiger partial charge in [-0.05, 0) is 88.5 Å². The monoisotopic (exact) mass is 854 g/mol. The average molecular weight is 855 g/mol. The normalized spacial score (nSPS) is 14.4. The van der Waals surface area contributed by atoms with Gasteiger partial charge in [0.1, 0.15) is 24.3 Å². The Bertz CT molecular complexity index is 3200. The molecule has 7 rings (SSSR count). The van der Waals surface area contributed by atoms with Gasteiger partial charge in [0, 0.05) is 39.0 Å². The summed E-state index contributed by atoms with van der Waals surface area (Å²) >= 11 is 0. The van der Waals surface area contributed by atoms with Crippen LogP contribution in [0, 0.1) is 90.6 Å². The molecule has 0 radical (unpaired) electrons. The van der Waals surface area contributed by atoms with Crippen molar-refractivity contribution in [2.75, 3.05) is 0 Å². The third kappa shape index (κ3) is 6.83. The van der Waals surface area contributed by atoms with Crippen LogP contribution in [0.1, 0.15) is 66.8 Å². The summed E-state index contributed by atoms with van der Waals surface area (Å²) in [5, 5.41) is 82.0. The first kappa shape index (κ1) is 42.5. The van der Waals surface area contributed by atoms with Crippen LogP contribution in [-0.4, -0.2) is 0 Å². The second kappa shape index (κ2) is 15.8. The minimum atomic E-state index is -4.93. The third-order valence-electron chi connectivity index (χ3n) is 10.3. The number of hydrogen-bond donors (Lipinski definition) is 0. The Morgan fingerprint density at radius 1 is 0.375 bits per heavy atom. The summed E-state index contributed by atoms with van der Waals surface area (Å²) in [4.78, 5) is 0. The molecule has 64 heavy (non-hydrogen) atoms. The van der Waals surface area contributed by atoms with Gasteiger partial charge in [0.2, 0.25) is 0 Å². The van der Waals surface area contributed by atoms with Crippen molar-refractivity contribution in [2.45, 2.75) is 12.4 Å². The maximum atomic E-state index is 17.5. The molecule has 0 fully saturated rings. The van der Waals surface area contributed by atoms with Gasteiger partial charge in [-0.2, -0.15) is 68.4 Å². The van der Waals surface area contributed by atoms with Crippen LogP contribution >= 0.6 is 0 Å². The molecule has 0 spiro atoms. The standard InChI is InChI=1S/C48H14F8N8/c49-45-35(21-63)39-37(27-1-5-31(6-2-27)47(51,52)53)40-36(22-64)46(50)42(34(20-62)30-13-25(17-59)10-26(14-30)18-60)44(40)38(28-3-7-32(8-4-28)48(54,55)56)43(39)41(45)33(19-61)29-11-23(15-57)9-24(12-29)16-58/h1-14H/b41-33-,42-34-. The number of alkyl halides is 6.